The summed E-state index contributed by atoms with van der Waals surface area (Å²) < 4.78 is 45.0. The fourth-order valence-corrected chi connectivity index (χ4v) is 3.27. The van der Waals surface area contributed by atoms with Gasteiger partial charge in [-0.2, -0.15) is 4.57 Å². The van der Waals surface area contributed by atoms with E-state index in [9.17, 15) is 4.39 Å². The number of nitrogens with zero attached hydrogens (tertiary/aromatic N) is 2. The maximum atomic E-state index is 13.6. The van der Waals surface area contributed by atoms with Gasteiger partial charge in [0.05, 0.1) is 12.1 Å². The van der Waals surface area contributed by atoms with Gasteiger partial charge in [0.25, 0.3) is 0 Å². The highest BCUT2D eigenvalue weighted by Gasteiger charge is 2.21. The first-order chi connectivity index (χ1) is 13.2. The molecule has 2 heterocycles. The maximum absolute atomic E-state index is 13.6. The molecule has 0 amide bonds. The molecule has 0 atom stereocenters. The van der Waals surface area contributed by atoms with E-state index in [2.05, 4.69) is 4.85 Å². The number of fused-ring (bicyclic) bond motifs is 3. The molecule has 25 heavy (non-hydrogen) atoms. The van der Waals surface area contributed by atoms with Crippen molar-refractivity contribution in [3.05, 3.63) is 71.0 Å². The van der Waals surface area contributed by atoms with Gasteiger partial charge in [0.15, 0.2) is 11.5 Å². The molecule has 0 aliphatic heterocycles. The standard InChI is InChI=1S/C21H16FN2O/c1-12-5-7-16-19-13(2)9-15(23-3)10-18(19)25-21(16)20(12)17-8-6-14(22)11-24(17)4/h5-11H,1-2,4H3/q+1/i2D3. The number of aromatic nitrogens is 1. The van der Waals surface area contributed by atoms with Crippen molar-refractivity contribution >= 4 is 27.6 Å². The predicted octanol–water partition coefficient (Wildman–Crippen LogP) is 5.38. The van der Waals surface area contributed by atoms with Crippen LogP contribution in [-0.4, -0.2) is 0 Å². The summed E-state index contributed by atoms with van der Waals surface area (Å²) in [6.45, 7) is 6.80. The molecule has 0 radical (unpaired) electrons. The summed E-state index contributed by atoms with van der Waals surface area (Å²) in [6, 6.07) is 9.72. The zero-order valence-corrected chi connectivity index (χ0v) is 13.7. The number of hydrogen-bond donors (Lipinski definition) is 0. The average molecular weight is 334 g/mol. The summed E-state index contributed by atoms with van der Waals surface area (Å²) in [5.74, 6) is -0.355. The molecule has 4 rings (SSSR count). The Labute approximate surface area is 149 Å². The van der Waals surface area contributed by atoms with Crippen LogP contribution in [0.5, 0.6) is 0 Å². The van der Waals surface area contributed by atoms with Gasteiger partial charge in [0, 0.05) is 21.0 Å². The molecule has 2 aromatic heterocycles. The van der Waals surface area contributed by atoms with Crippen LogP contribution in [0, 0.1) is 26.2 Å². The molecule has 122 valence electrons. The highest BCUT2D eigenvalue weighted by atomic mass is 19.1. The lowest BCUT2D eigenvalue weighted by Gasteiger charge is -2.05. The van der Waals surface area contributed by atoms with Crippen molar-refractivity contribution in [2.24, 2.45) is 7.05 Å². The average Bonchev–Trinajstić information content (AvgIpc) is 2.99. The van der Waals surface area contributed by atoms with Crippen molar-refractivity contribution < 1.29 is 17.5 Å². The topological polar surface area (TPSA) is 21.4 Å². The van der Waals surface area contributed by atoms with E-state index >= 15 is 0 Å². The smallest absolute Gasteiger partial charge is 0.216 e. The number of aryl methyl sites for hydroxylation is 3. The Balaban J connectivity index is 2.18. The summed E-state index contributed by atoms with van der Waals surface area (Å²) in [7, 11) is 1.74. The van der Waals surface area contributed by atoms with Crippen LogP contribution >= 0.6 is 0 Å². The Morgan fingerprint density at radius 2 is 2.04 bits per heavy atom. The first kappa shape index (κ1) is 12.2. The van der Waals surface area contributed by atoms with Gasteiger partial charge >= 0.3 is 0 Å². The van der Waals surface area contributed by atoms with Crippen LogP contribution in [0.4, 0.5) is 10.1 Å². The summed E-state index contributed by atoms with van der Waals surface area (Å²) in [4.78, 5) is 3.38. The number of rotatable bonds is 1. The third-order valence-corrected chi connectivity index (χ3v) is 4.42. The minimum absolute atomic E-state index is 0.0908. The van der Waals surface area contributed by atoms with Gasteiger partial charge in [0.1, 0.15) is 18.2 Å². The first-order valence-electron chi connectivity index (χ1n) is 9.24. The van der Waals surface area contributed by atoms with Gasteiger partial charge in [-0.15, -0.1) is 0 Å². The number of furan rings is 1. The molecular weight excluding hydrogens is 315 g/mol. The second-order valence-electron chi connectivity index (χ2n) is 6.06. The van der Waals surface area contributed by atoms with Gasteiger partial charge in [0.2, 0.25) is 11.9 Å². The highest BCUT2D eigenvalue weighted by Crippen LogP contribution is 2.39. The van der Waals surface area contributed by atoms with Gasteiger partial charge in [-0.3, -0.25) is 0 Å². The van der Waals surface area contributed by atoms with E-state index in [1.165, 1.54) is 18.3 Å². The van der Waals surface area contributed by atoms with E-state index in [-0.39, 0.29) is 17.1 Å². The molecule has 2 aromatic carbocycles. The van der Waals surface area contributed by atoms with E-state index in [1.54, 1.807) is 23.7 Å². The Kier molecular flexibility index (Phi) is 2.65. The largest absolute Gasteiger partial charge is 0.456 e. The fraction of sp³-hybridized carbons (Fsp3) is 0.143. The summed E-state index contributed by atoms with van der Waals surface area (Å²) >= 11 is 0. The van der Waals surface area contributed by atoms with Crippen molar-refractivity contribution in [1.82, 2.24) is 0 Å². The third-order valence-electron chi connectivity index (χ3n) is 4.42. The SMILES string of the molecule is [2H]C([2H])([2H])c1cc([N+]#[C-])cc2oc3c(-c4ccc(F)c[n+]4C)c(C)ccc3c12. The normalized spacial score (nSPS) is 13.4. The van der Waals surface area contributed by atoms with Crippen molar-refractivity contribution in [2.75, 3.05) is 0 Å². The second kappa shape index (κ2) is 5.42. The molecule has 0 aliphatic rings. The van der Waals surface area contributed by atoms with Crippen LogP contribution < -0.4 is 4.57 Å². The molecule has 0 saturated carbocycles. The Morgan fingerprint density at radius 3 is 2.76 bits per heavy atom. The van der Waals surface area contributed by atoms with Crippen LogP contribution in [-0.2, 0) is 7.05 Å². The zero-order valence-electron chi connectivity index (χ0n) is 16.7. The molecule has 0 N–H and O–H groups in total. The van der Waals surface area contributed by atoms with E-state index in [0.29, 0.717) is 21.9 Å². The Morgan fingerprint density at radius 1 is 1.20 bits per heavy atom. The minimum Gasteiger partial charge on any atom is -0.456 e. The molecule has 3 nitrogen and oxygen atoms in total. The lowest BCUT2D eigenvalue weighted by molar-refractivity contribution is -0.661. The van der Waals surface area contributed by atoms with Crippen LogP contribution in [0.1, 0.15) is 15.2 Å². The summed E-state index contributed by atoms with van der Waals surface area (Å²) in [5.41, 5.74) is 3.59. The van der Waals surface area contributed by atoms with E-state index in [0.717, 1.165) is 16.8 Å². The summed E-state index contributed by atoms with van der Waals surface area (Å²) in [6.07, 6.45) is 1.38. The van der Waals surface area contributed by atoms with Gasteiger partial charge in [-0.25, -0.2) is 9.24 Å². The van der Waals surface area contributed by atoms with E-state index < -0.39 is 6.85 Å². The number of pyridine rings is 1. The van der Waals surface area contributed by atoms with Crippen molar-refractivity contribution in [2.45, 2.75) is 13.8 Å². The van der Waals surface area contributed by atoms with E-state index in [4.69, 9.17) is 15.1 Å². The molecule has 4 aromatic rings. The lowest BCUT2D eigenvalue weighted by atomic mass is 9.99. The number of benzene rings is 2. The maximum Gasteiger partial charge on any atom is 0.216 e. The minimum atomic E-state index is -2.39. The van der Waals surface area contributed by atoms with Crippen molar-refractivity contribution in [1.29, 1.82) is 0 Å². The molecule has 0 spiro atoms. The fourth-order valence-electron chi connectivity index (χ4n) is 3.27. The Hall–Kier alpha value is -3.19. The van der Waals surface area contributed by atoms with Crippen molar-refractivity contribution in [3.8, 4) is 11.3 Å². The molecular formula is C21H16FN2O+. The monoisotopic (exact) mass is 334 g/mol. The number of halogens is 1. The predicted molar refractivity (Wildman–Crippen MR) is 96.0 cm³/mol. The van der Waals surface area contributed by atoms with Crippen LogP contribution in [0.2, 0.25) is 0 Å². The molecule has 0 aliphatic carbocycles. The van der Waals surface area contributed by atoms with Crippen LogP contribution in [0.25, 0.3) is 38.0 Å². The third kappa shape index (κ3) is 2.28. The highest BCUT2D eigenvalue weighted by molar-refractivity contribution is 6.11. The van der Waals surface area contributed by atoms with Crippen LogP contribution in [0.15, 0.2) is 47.0 Å². The molecule has 4 heteroatoms. The quantitative estimate of drug-likeness (QED) is 0.338. The molecule has 0 saturated heterocycles. The van der Waals surface area contributed by atoms with Crippen molar-refractivity contribution in [3.63, 3.8) is 0 Å². The van der Waals surface area contributed by atoms with Gasteiger partial charge in [-0.1, -0.05) is 18.2 Å². The lowest BCUT2D eigenvalue weighted by Crippen LogP contribution is -2.31. The first-order valence-corrected chi connectivity index (χ1v) is 7.74. The number of hydrogen-bond acceptors (Lipinski definition) is 1. The van der Waals surface area contributed by atoms with Gasteiger partial charge in [-0.05, 0) is 37.0 Å². The molecule has 0 unspecified atom stereocenters. The zero-order chi connectivity index (χ0) is 20.2. The second-order valence-corrected chi connectivity index (χ2v) is 6.06. The molecule has 0 fully saturated rings. The Bertz CT molecular complexity index is 1300. The van der Waals surface area contributed by atoms with Crippen LogP contribution in [0.3, 0.4) is 0 Å². The summed E-state index contributed by atoms with van der Waals surface area (Å²) in [5, 5.41) is 1.14. The molecule has 0 bridgehead atoms. The van der Waals surface area contributed by atoms with Gasteiger partial charge < -0.3 is 4.42 Å². The van der Waals surface area contributed by atoms with E-state index in [1.807, 2.05) is 19.1 Å².